The predicted molar refractivity (Wildman–Crippen MR) is 61.6 cm³/mol. The molecule has 0 amide bonds. The number of carbonyl (C=O) groups excluding carboxylic acids is 1. The monoisotopic (exact) mass is 222 g/mol. The molecular formula is C10H19ClOS. The second-order valence-electron chi connectivity index (χ2n) is 4.72. The van der Waals surface area contributed by atoms with Crippen molar-refractivity contribution < 1.29 is 4.79 Å². The van der Waals surface area contributed by atoms with Crippen molar-refractivity contribution in [2.75, 3.05) is 0 Å². The lowest BCUT2D eigenvalue weighted by atomic mass is 9.80. The van der Waals surface area contributed by atoms with E-state index < -0.39 is 0 Å². The van der Waals surface area contributed by atoms with Crippen molar-refractivity contribution in [3.05, 3.63) is 0 Å². The third-order valence-electron chi connectivity index (χ3n) is 2.24. The van der Waals surface area contributed by atoms with Crippen LogP contribution in [-0.4, -0.2) is 9.99 Å². The van der Waals surface area contributed by atoms with Crippen molar-refractivity contribution in [3.63, 3.8) is 0 Å². The minimum Gasteiger partial charge on any atom is -0.281 e. The van der Waals surface area contributed by atoms with Crippen molar-refractivity contribution in [1.29, 1.82) is 0 Å². The topological polar surface area (TPSA) is 17.1 Å². The summed E-state index contributed by atoms with van der Waals surface area (Å²) in [6.07, 6.45) is 2.32. The van der Waals surface area contributed by atoms with E-state index in [1.165, 1.54) is 0 Å². The molecule has 0 aromatic heterocycles. The number of thiol groups is 1. The van der Waals surface area contributed by atoms with Crippen LogP contribution in [0.4, 0.5) is 0 Å². The molecule has 0 spiro atoms. The van der Waals surface area contributed by atoms with E-state index in [1.807, 2.05) is 0 Å². The van der Waals surface area contributed by atoms with Gasteiger partial charge >= 0.3 is 0 Å². The van der Waals surface area contributed by atoms with Crippen LogP contribution in [0.15, 0.2) is 0 Å². The molecule has 0 aromatic rings. The van der Waals surface area contributed by atoms with E-state index in [9.17, 15) is 4.79 Å². The Balaban J connectivity index is 4.24. The summed E-state index contributed by atoms with van der Waals surface area (Å²) in [6, 6.07) is 0. The summed E-state index contributed by atoms with van der Waals surface area (Å²) < 4.78 is -0.00413. The number of rotatable bonds is 5. The zero-order chi connectivity index (χ0) is 10.7. The van der Waals surface area contributed by atoms with Gasteiger partial charge in [-0.2, -0.15) is 12.6 Å². The molecular weight excluding hydrogens is 204 g/mol. The van der Waals surface area contributed by atoms with Crippen LogP contribution in [0.5, 0.6) is 0 Å². The van der Waals surface area contributed by atoms with Crippen LogP contribution in [0.1, 0.15) is 47.0 Å². The molecule has 0 aliphatic heterocycles. The second kappa shape index (κ2) is 4.70. The van der Waals surface area contributed by atoms with E-state index in [-0.39, 0.29) is 15.4 Å². The van der Waals surface area contributed by atoms with Gasteiger partial charge in [0.05, 0.1) is 0 Å². The average molecular weight is 223 g/mol. The van der Waals surface area contributed by atoms with E-state index in [0.717, 1.165) is 12.8 Å². The van der Waals surface area contributed by atoms with Crippen LogP contribution in [0, 0.1) is 5.41 Å². The molecule has 0 heterocycles. The quantitative estimate of drug-likeness (QED) is 0.555. The molecule has 0 fully saturated rings. The Morgan fingerprint density at radius 3 is 2.15 bits per heavy atom. The van der Waals surface area contributed by atoms with Crippen LogP contribution >= 0.6 is 24.2 Å². The zero-order valence-electron chi connectivity index (χ0n) is 8.85. The average Bonchev–Trinajstić information content (AvgIpc) is 1.81. The van der Waals surface area contributed by atoms with Crippen molar-refractivity contribution >= 4 is 29.5 Å². The molecule has 0 aromatic carbocycles. The van der Waals surface area contributed by atoms with Gasteiger partial charge in [-0.25, -0.2) is 0 Å². The molecule has 0 saturated heterocycles. The van der Waals surface area contributed by atoms with Crippen molar-refractivity contribution in [3.8, 4) is 0 Å². The maximum Gasteiger partial charge on any atom is 0.222 e. The van der Waals surface area contributed by atoms with Gasteiger partial charge in [-0.1, -0.05) is 27.7 Å². The van der Waals surface area contributed by atoms with Crippen LogP contribution < -0.4 is 0 Å². The predicted octanol–water partition coefficient (Wildman–Crippen LogP) is 3.66. The lowest BCUT2D eigenvalue weighted by Crippen LogP contribution is -2.27. The Kier molecular flexibility index (Phi) is 4.81. The zero-order valence-corrected chi connectivity index (χ0v) is 10.5. The van der Waals surface area contributed by atoms with E-state index >= 15 is 0 Å². The van der Waals surface area contributed by atoms with Crippen LogP contribution in [-0.2, 0) is 4.79 Å². The molecule has 3 heteroatoms. The first-order valence-corrected chi connectivity index (χ1v) is 5.42. The molecule has 0 bridgehead atoms. The van der Waals surface area contributed by atoms with E-state index in [0.29, 0.717) is 6.42 Å². The third kappa shape index (κ3) is 6.39. The molecule has 1 atom stereocenters. The largest absolute Gasteiger partial charge is 0.281 e. The molecule has 1 unspecified atom stereocenters. The van der Waals surface area contributed by atoms with Crippen molar-refractivity contribution in [2.45, 2.75) is 51.7 Å². The molecule has 0 saturated carbocycles. The first-order chi connectivity index (χ1) is 5.68. The summed E-state index contributed by atoms with van der Waals surface area (Å²) in [6.45, 7) is 8.30. The Hall–Kier alpha value is 0.310. The maximum absolute atomic E-state index is 10.8. The van der Waals surface area contributed by atoms with Gasteiger partial charge in [0.1, 0.15) is 0 Å². The van der Waals surface area contributed by atoms with E-state index in [2.05, 4.69) is 40.3 Å². The highest BCUT2D eigenvalue weighted by molar-refractivity contribution is 7.81. The lowest BCUT2D eigenvalue weighted by molar-refractivity contribution is -0.113. The van der Waals surface area contributed by atoms with Gasteiger partial charge in [0.2, 0.25) is 5.24 Å². The first-order valence-electron chi connectivity index (χ1n) is 4.59. The standard InChI is InChI=1S/C10H19ClOS/c1-5-10(4,13)7-9(2,3)6-8(11)12/h13H,5-7H2,1-4H3. The lowest BCUT2D eigenvalue weighted by Gasteiger charge is -2.32. The Labute approximate surface area is 91.6 Å². The highest BCUT2D eigenvalue weighted by Gasteiger charge is 2.29. The number of carbonyl (C=O) groups is 1. The molecule has 78 valence electrons. The fraction of sp³-hybridized carbons (Fsp3) is 0.900. The summed E-state index contributed by atoms with van der Waals surface area (Å²) in [5.74, 6) is 0. The van der Waals surface area contributed by atoms with Crippen LogP contribution in [0.3, 0.4) is 0 Å². The Morgan fingerprint density at radius 2 is 1.85 bits per heavy atom. The van der Waals surface area contributed by atoms with Crippen molar-refractivity contribution in [2.24, 2.45) is 5.41 Å². The number of halogens is 1. The molecule has 0 rings (SSSR count). The SMILES string of the molecule is CCC(C)(S)CC(C)(C)CC(=O)Cl. The Bertz CT molecular complexity index is 187. The third-order valence-corrected chi connectivity index (χ3v) is 2.85. The summed E-state index contributed by atoms with van der Waals surface area (Å²) in [4.78, 5) is 10.8. The van der Waals surface area contributed by atoms with Gasteiger partial charge in [-0.3, -0.25) is 4.79 Å². The molecule has 0 radical (unpaired) electrons. The van der Waals surface area contributed by atoms with Gasteiger partial charge in [-0.15, -0.1) is 0 Å². The molecule has 0 aliphatic rings. The van der Waals surface area contributed by atoms with Crippen molar-refractivity contribution in [1.82, 2.24) is 0 Å². The summed E-state index contributed by atoms with van der Waals surface area (Å²) >= 11 is 9.92. The summed E-state index contributed by atoms with van der Waals surface area (Å²) in [5.41, 5.74) is -0.0503. The summed E-state index contributed by atoms with van der Waals surface area (Å²) in [5, 5.41) is -0.259. The number of hydrogen-bond donors (Lipinski definition) is 1. The van der Waals surface area contributed by atoms with E-state index in [4.69, 9.17) is 11.6 Å². The molecule has 1 nitrogen and oxygen atoms in total. The highest BCUT2D eigenvalue weighted by atomic mass is 35.5. The van der Waals surface area contributed by atoms with Gasteiger partial charge < -0.3 is 0 Å². The number of hydrogen-bond acceptors (Lipinski definition) is 2. The fourth-order valence-corrected chi connectivity index (χ4v) is 2.38. The maximum atomic E-state index is 10.8. The smallest absolute Gasteiger partial charge is 0.222 e. The van der Waals surface area contributed by atoms with Crippen LogP contribution in [0.2, 0.25) is 0 Å². The minimum absolute atomic E-state index is 0.00413. The van der Waals surface area contributed by atoms with Crippen LogP contribution in [0.25, 0.3) is 0 Å². The normalized spacial score (nSPS) is 16.8. The molecule has 0 N–H and O–H groups in total. The first kappa shape index (κ1) is 13.3. The summed E-state index contributed by atoms with van der Waals surface area (Å²) in [7, 11) is 0. The van der Waals surface area contributed by atoms with E-state index in [1.54, 1.807) is 0 Å². The molecule has 13 heavy (non-hydrogen) atoms. The van der Waals surface area contributed by atoms with Gasteiger partial charge in [-0.05, 0) is 29.9 Å². The highest BCUT2D eigenvalue weighted by Crippen LogP contribution is 2.36. The second-order valence-corrected chi connectivity index (χ2v) is 6.22. The van der Waals surface area contributed by atoms with Gasteiger partial charge in [0.25, 0.3) is 0 Å². The molecule has 0 aliphatic carbocycles. The van der Waals surface area contributed by atoms with Gasteiger partial charge in [0.15, 0.2) is 0 Å². The Morgan fingerprint density at radius 1 is 1.38 bits per heavy atom. The van der Waals surface area contributed by atoms with Gasteiger partial charge in [0, 0.05) is 11.2 Å². The minimum atomic E-state index is -0.259. The fourth-order valence-electron chi connectivity index (χ4n) is 1.59.